The molecule has 86 valence electrons. The molecule has 0 aliphatic heterocycles. The van der Waals surface area contributed by atoms with Crippen molar-refractivity contribution >= 4 is 0 Å². The summed E-state index contributed by atoms with van der Waals surface area (Å²) in [5.74, 6) is 1.31. The van der Waals surface area contributed by atoms with E-state index in [0.29, 0.717) is 24.2 Å². The summed E-state index contributed by atoms with van der Waals surface area (Å²) in [4.78, 5) is 0. The Labute approximate surface area is 90.1 Å². The molecule has 4 bridgehead atoms. The van der Waals surface area contributed by atoms with Crippen LogP contribution in [-0.2, 0) is 0 Å². The van der Waals surface area contributed by atoms with Gasteiger partial charge in [0.1, 0.15) is 0 Å². The van der Waals surface area contributed by atoms with E-state index >= 15 is 0 Å². The maximum absolute atomic E-state index is 10.4. The molecule has 0 aromatic carbocycles. The van der Waals surface area contributed by atoms with Crippen molar-refractivity contribution in [2.75, 3.05) is 0 Å². The summed E-state index contributed by atoms with van der Waals surface area (Å²) in [7, 11) is 0. The minimum absolute atomic E-state index is 0.0729. The Hall–Kier alpha value is -0.120. The number of aliphatic hydroxyl groups is 3. The minimum atomic E-state index is -0.708. The van der Waals surface area contributed by atoms with Crippen LogP contribution in [0.3, 0.4) is 0 Å². The van der Waals surface area contributed by atoms with Gasteiger partial charge in [-0.2, -0.15) is 0 Å². The van der Waals surface area contributed by atoms with E-state index in [1.54, 1.807) is 0 Å². The molecule has 15 heavy (non-hydrogen) atoms. The second-order valence-electron chi connectivity index (χ2n) is 6.06. The average molecular weight is 212 g/mol. The molecule has 7 unspecified atom stereocenters. The van der Waals surface area contributed by atoms with Crippen LogP contribution in [0.5, 0.6) is 0 Å². The molecule has 5 rings (SSSR count). The summed E-state index contributed by atoms with van der Waals surface area (Å²) in [5.41, 5.74) is -0.674. The molecule has 3 N–H and O–H groups in total. The molecule has 0 aromatic rings. The third kappa shape index (κ3) is 1.02. The van der Waals surface area contributed by atoms with E-state index in [2.05, 4.69) is 13.8 Å². The van der Waals surface area contributed by atoms with Crippen LogP contribution in [0, 0.1) is 29.6 Å². The molecule has 5 aliphatic carbocycles. The molecule has 0 saturated heterocycles. The first-order chi connectivity index (χ1) is 6.96. The van der Waals surface area contributed by atoms with Crippen LogP contribution in [0.15, 0.2) is 0 Å². The summed E-state index contributed by atoms with van der Waals surface area (Å²) in [5, 5.41) is 30.4. The Kier molecular flexibility index (Phi) is 1.85. The van der Waals surface area contributed by atoms with Crippen molar-refractivity contribution in [2.24, 2.45) is 29.6 Å². The lowest BCUT2D eigenvalue weighted by atomic mass is 9.53. The van der Waals surface area contributed by atoms with Crippen LogP contribution in [0.2, 0.25) is 0 Å². The predicted octanol–water partition coefficient (Wildman–Crippen LogP) is 0.381. The first kappa shape index (κ1) is 10.1. The van der Waals surface area contributed by atoms with Gasteiger partial charge in [-0.25, -0.2) is 0 Å². The Bertz CT molecular complexity index is 289. The van der Waals surface area contributed by atoms with Crippen LogP contribution >= 0.6 is 0 Å². The third-order valence-electron chi connectivity index (χ3n) is 5.60. The zero-order valence-corrected chi connectivity index (χ0v) is 9.30. The number of rotatable bonds is 0. The van der Waals surface area contributed by atoms with Gasteiger partial charge in [-0.3, -0.25) is 0 Å². The Balaban J connectivity index is 2.04. The molecule has 5 aliphatic rings. The van der Waals surface area contributed by atoms with Gasteiger partial charge in [0.25, 0.3) is 0 Å². The highest BCUT2D eigenvalue weighted by atomic mass is 16.3. The van der Waals surface area contributed by atoms with Crippen molar-refractivity contribution in [3.05, 3.63) is 0 Å². The van der Waals surface area contributed by atoms with Crippen LogP contribution < -0.4 is 0 Å². The molecule has 0 spiro atoms. The molecular weight excluding hydrogens is 192 g/mol. The monoisotopic (exact) mass is 212 g/mol. The molecule has 5 fully saturated rings. The fourth-order valence-corrected chi connectivity index (χ4v) is 4.48. The fraction of sp³-hybridized carbons (Fsp3) is 1.00. The van der Waals surface area contributed by atoms with Crippen LogP contribution in [0.4, 0.5) is 0 Å². The molecule has 3 nitrogen and oxygen atoms in total. The van der Waals surface area contributed by atoms with E-state index in [1.807, 2.05) is 0 Å². The van der Waals surface area contributed by atoms with Gasteiger partial charge in [-0.05, 0) is 36.5 Å². The lowest BCUT2D eigenvalue weighted by Gasteiger charge is -2.57. The molecule has 5 saturated carbocycles. The standard InChI is InChI=1S/C12H20O3/c1-5-6(2)8-4-12(15)3-7(5)9(12)11(14)10(8)13/h5-11,13-15H,3-4H2,1-2H3/t5?,6?,7?,8?,9?,10?,11?,12-/m1/s1. The zero-order chi connectivity index (χ0) is 11.0. The molecule has 0 heterocycles. The van der Waals surface area contributed by atoms with Gasteiger partial charge >= 0.3 is 0 Å². The van der Waals surface area contributed by atoms with E-state index in [1.165, 1.54) is 0 Å². The smallest absolute Gasteiger partial charge is 0.0860 e. The number of aliphatic hydroxyl groups excluding tert-OH is 2. The SMILES string of the molecule is CC1C(C)C2C[C@@]3(O)CC1C(O)C(O)C23. The van der Waals surface area contributed by atoms with E-state index in [9.17, 15) is 15.3 Å². The summed E-state index contributed by atoms with van der Waals surface area (Å²) >= 11 is 0. The minimum Gasteiger partial charge on any atom is -0.390 e. The molecule has 8 atom stereocenters. The summed E-state index contributed by atoms with van der Waals surface area (Å²) in [6.45, 7) is 4.35. The van der Waals surface area contributed by atoms with Crippen molar-refractivity contribution in [2.45, 2.75) is 44.5 Å². The lowest BCUT2D eigenvalue weighted by Crippen LogP contribution is -2.65. The molecule has 3 heteroatoms. The normalized spacial score (nSPS) is 67.4. The van der Waals surface area contributed by atoms with E-state index in [-0.39, 0.29) is 11.8 Å². The molecular formula is C12H20O3. The first-order valence-electron chi connectivity index (χ1n) is 6.04. The van der Waals surface area contributed by atoms with Gasteiger partial charge in [-0.1, -0.05) is 13.8 Å². The van der Waals surface area contributed by atoms with E-state index < -0.39 is 17.8 Å². The van der Waals surface area contributed by atoms with Gasteiger partial charge in [-0.15, -0.1) is 0 Å². The average Bonchev–Trinajstić information content (AvgIpc) is 2.32. The molecule has 0 aromatic heterocycles. The highest BCUT2D eigenvalue weighted by molar-refractivity contribution is 5.16. The zero-order valence-electron chi connectivity index (χ0n) is 9.30. The van der Waals surface area contributed by atoms with Gasteiger partial charge in [0, 0.05) is 5.92 Å². The van der Waals surface area contributed by atoms with Gasteiger partial charge in [0.05, 0.1) is 17.8 Å². The van der Waals surface area contributed by atoms with E-state index in [0.717, 1.165) is 6.42 Å². The van der Waals surface area contributed by atoms with Crippen molar-refractivity contribution in [1.29, 1.82) is 0 Å². The summed E-state index contributed by atoms with van der Waals surface area (Å²) < 4.78 is 0. The molecule has 0 amide bonds. The summed E-state index contributed by atoms with van der Waals surface area (Å²) in [6, 6.07) is 0. The van der Waals surface area contributed by atoms with Crippen molar-refractivity contribution < 1.29 is 15.3 Å². The predicted molar refractivity (Wildman–Crippen MR) is 55.0 cm³/mol. The van der Waals surface area contributed by atoms with Gasteiger partial charge in [0.2, 0.25) is 0 Å². The van der Waals surface area contributed by atoms with Crippen LogP contribution in [0.25, 0.3) is 0 Å². The van der Waals surface area contributed by atoms with Gasteiger partial charge in [0.15, 0.2) is 0 Å². The topological polar surface area (TPSA) is 60.7 Å². The maximum Gasteiger partial charge on any atom is 0.0860 e. The third-order valence-corrected chi connectivity index (χ3v) is 5.60. The second-order valence-corrected chi connectivity index (χ2v) is 6.06. The quantitative estimate of drug-likeness (QED) is 0.544. The number of hydrogen-bond donors (Lipinski definition) is 3. The number of hydrogen-bond acceptors (Lipinski definition) is 3. The second kappa shape index (κ2) is 2.76. The first-order valence-corrected chi connectivity index (χ1v) is 6.04. The number of fused-ring (bicyclic) bond motifs is 1. The van der Waals surface area contributed by atoms with Gasteiger partial charge < -0.3 is 15.3 Å². The highest BCUT2D eigenvalue weighted by Crippen LogP contribution is 2.62. The maximum atomic E-state index is 10.4. The van der Waals surface area contributed by atoms with Crippen LogP contribution in [0.1, 0.15) is 26.7 Å². The van der Waals surface area contributed by atoms with Crippen molar-refractivity contribution in [3.8, 4) is 0 Å². The Morgan fingerprint density at radius 3 is 2.13 bits per heavy atom. The van der Waals surface area contributed by atoms with E-state index in [4.69, 9.17) is 0 Å². The van der Waals surface area contributed by atoms with Crippen molar-refractivity contribution in [3.63, 3.8) is 0 Å². The molecule has 0 radical (unpaired) electrons. The highest BCUT2D eigenvalue weighted by Gasteiger charge is 2.67. The summed E-state index contributed by atoms with van der Waals surface area (Å²) in [6.07, 6.45) is 0.166. The Morgan fingerprint density at radius 2 is 1.47 bits per heavy atom. The largest absolute Gasteiger partial charge is 0.390 e. The van der Waals surface area contributed by atoms with Crippen molar-refractivity contribution in [1.82, 2.24) is 0 Å². The fourth-order valence-electron chi connectivity index (χ4n) is 4.48. The lowest BCUT2D eigenvalue weighted by molar-refractivity contribution is -0.235. The van der Waals surface area contributed by atoms with Crippen LogP contribution in [-0.4, -0.2) is 33.1 Å². The Morgan fingerprint density at radius 1 is 0.933 bits per heavy atom.